The van der Waals surface area contributed by atoms with E-state index in [1.165, 1.54) is 5.56 Å². The van der Waals surface area contributed by atoms with E-state index < -0.39 is 0 Å². The van der Waals surface area contributed by atoms with Crippen molar-refractivity contribution in [1.82, 2.24) is 14.8 Å². The van der Waals surface area contributed by atoms with Crippen molar-refractivity contribution in [2.24, 2.45) is 0 Å². The van der Waals surface area contributed by atoms with Crippen LogP contribution in [0, 0.1) is 20.8 Å². The molecular weight excluding hydrogens is 298 g/mol. The molecule has 1 amide bonds. The average molecular weight is 325 g/mol. The van der Waals surface area contributed by atoms with Crippen molar-refractivity contribution >= 4 is 5.91 Å². The van der Waals surface area contributed by atoms with Crippen LogP contribution in [-0.4, -0.2) is 41.8 Å². The highest BCUT2D eigenvalue weighted by atomic mass is 16.2. The molecule has 1 heterocycles. The Morgan fingerprint density at radius 1 is 1.04 bits per heavy atom. The largest absolute Gasteiger partial charge is 0.338 e. The zero-order valence-electron chi connectivity index (χ0n) is 15.5. The van der Waals surface area contributed by atoms with Crippen molar-refractivity contribution in [2.45, 2.75) is 33.4 Å². The number of hydrogen-bond donors (Lipinski definition) is 0. The van der Waals surface area contributed by atoms with Crippen LogP contribution in [0.4, 0.5) is 0 Å². The van der Waals surface area contributed by atoms with Gasteiger partial charge in [-0.05, 0) is 58.1 Å². The van der Waals surface area contributed by atoms with E-state index in [1.807, 2.05) is 70.2 Å². The molecule has 0 aliphatic heterocycles. The summed E-state index contributed by atoms with van der Waals surface area (Å²) < 4.78 is 0. The van der Waals surface area contributed by atoms with Gasteiger partial charge in [0.2, 0.25) is 5.91 Å². The topological polar surface area (TPSA) is 36.4 Å². The van der Waals surface area contributed by atoms with E-state index in [4.69, 9.17) is 0 Å². The standard InChI is InChI=1S/C20H27N3O/c1-14-8-7-9-17(11-14)19(22(4)5)20(24)23(6)13-18-12-15(2)10-16(3)21-18/h7-12,19H,13H2,1-6H3/t19-/m0/s1. The summed E-state index contributed by atoms with van der Waals surface area (Å²) in [5.41, 5.74) is 5.25. The highest BCUT2D eigenvalue weighted by Crippen LogP contribution is 2.22. The summed E-state index contributed by atoms with van der Waals surface area (Å²) in [5, 5.41) is 0. The Labute approximate surface area is 145 Å². The molecule has 4 heteroatoms. The fraction of sp³-hybridized carbons (Fsp3) is 0.400. The molecule has 0 bridgehead atoms. The summed E-state index contributed by atoms with van der Waals surface area (Å²) in [6.07, 6.45) is 0. The molecule has 0 aliphatic carbocycles. The number of aryl methyl sites for hydroxylation is 3. The first kappa shape index (κ1) is 18.1. The lowest BCUT2D eigenvalue weighted by atomic mass is 10.0. The molecule has 0 radical (unpaired) electrons. The molecule has 0 aliphatic rings. The molecule has 1 aromatic carbocycles. The van der Waals surface area contributed by atoms with Gasteiger partial charge in [0.15, 0.2) is 0 Å². The Bertz CT molecular complexity index is 704. The summed E-state index contributed by atoms with van der Waals surface area (Å²) in [4.78, 5) is 21.3. The first-order valence-electron chi connectivity index (χ1n) is 8.20. The lowest BCUT2D eigenvalue weighted by Crippen LogP contribution is -2.38. The van der Waals surface area contributed by atoms with Gasteiger partial charge in [0.1, 0.15) is 6.04 Å². The van der Waals surface area contributed by atoms with Crippen LogP contribution in [0.3, 0.4) is 0 Å². The van der Waals surface area contributed by atoms with E-state index in [2.05, 4.69) is 18.0 Å². The molecular formula is C20H27N3O. The highest BCUT2D eigenvalue weighted by Gasteiger charge is 2.26. The van der Waals surface area contributed by atoms with E-state index in [0.717, 1.165) is 22.5 Å². The molecule has 128 valence electrons. The van der Waals surface area contributed by atoms with Gasteiger partial charge in [-0.3, -0.25) is 14.7 Å². The predicted molar refractivity (Wildman–Crippen MR) is 97.8 cm³/mol. The second kappa shape index (κ2) is 7.58. The number of likely N-dealkylation sites (N-methyl/N-ethyl adjacent to an activating group) is 2. The second-order valence-electron chi connectivity index (χ2n) is 6.75. The monoisotopic (exact) mass is 325 g/mol. The number of pyridine rings is 1. The number of carbonyl (C=O) groups is 1. The van der Waals surface area contributed by atoms with Crippen LogP contribution in [0.1, 0.15) is 34.1 Å². The first-order valence-corrected chi connectivity index (χ1v) is 8.20. The minimum Gasteiger partial charge on any atom is -0.338 e. The Hall–Kier alpha value is -2.20. The number of nitrogens with zero attached hydrogens (tertiary/aromatic N) is 3. The van der Waals surface area contributed by atoms with Gasteiger partial charge in [0.05, 0.1) is 12.2 Å². The summed E-state index contributed by atoms with van der Waals surface area (Å²) in [5.74, 6) is 0.0755. The van der Waals surface area contributed by atoms with Crippen LogP contribution in [0.5, 0.6) is 0 Å². The Kier molecular flexibility index (Phi) is 5.73. The molecule has 0 saturated carbocycles. The molecule has 1 atom stereocenters. The van der Waals surface area contributed by atoms with Gasteiger partial charge in [-0.15, -0.1) is 0 Å². The third-order valence-electron chi connectivity index (χ3n) is 4.03. The van der Waals surface area contributed by atoms with Crippen molar-refractivity contribution in [2.75, 3.05) is 21.1 Å². The van der Waals surface area contributed by atoms with Gasteiger partial charge in [-0.25, -0.2) is 0 Å². The molecule has 24 heavy (non-hydrogen) atoms. The smallest absolute Gasteiger partial charge is 0.244 e. The second-order valence-corrected chi connectivity index (χ2v) is 6.75. The number of carbonyl (C=O) groups excluding carboxylic acids is 1. The Morgan fingerprint density at radius 3 is 2.33 bits per heavy atom. The summed E-state index contributed by atoms with van der Waals surface area (Å²) >= 11 is 0. The molecule has 0 unspecified atom stereocenters. The maximum absolute atomic E-state index is 13.0. The van der Waals surface area contributed by atoms with Crippen molar-refractivity contribution in [3.05, 3.63) is 64.5 Å². The fourth-order valence-corrected chi connectivity index (χ4v) is 3.04. The van der Waals surface area contributed by atoms with Gasteiger partial charge in [0.25, 0.3) is 0 Å². The minimum atomic E-state index is -0.291. The average Bonchev–Trinajstić information content (AvgIpc) is 2.45. The normalized spacial score (nSPS) is 12.3. The maximum atomic E-state index is 13.0. The minimum absolute atomic E-state index is 0.0755. The van der Waals surface area contributed by atoms with Crippen molar-refractivity contribution < 1.29 is 4.79 Å². The number of benzene rings is 1. The zero-order chi connectivity index (χ0) is 17.9. The highest BCUT2D eigenvalue weighted by molar-refractivity contribution is 5.83. The summed E-state index contributed by atoms with van der Waals surface area (Å²) in [7, 11) is 5.72. The lowest BCUT2D eigenvalue weighted by Gasteiger charge is -2.29. The van der Waals surface area contributed by atoms with Crippen LogP contribution in [0.25, 0.3) is 0 Å². The van der Waals surface area contributed by atoms with Crippen LogP contribution in [0.2, 0.25) is 0 Å². The van der Waals surface area contributed by atoms with E-state index in [-0.39, 0.29) is 11.9 Å². The molecule has 0 saturated heterocycles. The predicted octanol–water partition coefficient (Wildman–Crippen LogP) is 3.27. The van der Waals surface area contributed by atoms with Gasteiger partial charge in [-0.1, -0.05) is 29.8 Å². The lowest BCUT2D eigenvalue weighted by molar-refractivity contribution is -0.135. The third kappa shape index (κ3) is 4.42. The molecule has 1 aromatic heterocycles. The Balaban J connectivity index is 2.23. The van der Waals surface area contributed by atoms with Crippen molar-refractivity contribution in [3.8, 4) is 0 Å². The van der Waals surface area contributed by atoms with Crippen LogP contribution in [0.15, 0.2) is 36.4 Å². The number of aromatic nitrogens is 1. The van der Waals surface area contributed by atoms with Crippen LogP contribution < -0.4 is 0 Å². The van der Waals surface area contributed by atoms with Crippen molar-refractivity contribution in [3.63, 3.8) is 0 Å². The SMILES string of the molecule is Cc1cccc([C@@H](C(=O)N(C)Cc2cc(C)cc(C)n2)N(C)C)c1. The van der Waals surface area contributed by atoms with E-state index in [9.17, 15) is 4.79 Å². The Morgan fingerprint density at radius 2 is 1.75 bits per heavy atom. The molecule has 0 N–H and O–H groups in total. The summed E-state index contributed by atoms with van der Waals surface area (Å²) in [6, 6.07) is 11.9. The first-order chi connectivity index (χ1) is 11.3. The van der Waals surface area contributed by atoms with Gasteiger partial charge in [-0.2, -0.15) is 0 Å². The van der Waals surface area contributed by atoms with Gasteiger partial charge < -0.3 is 4.90 Å². The number of amides is 1. The number of rotatable bonds is 5. The van der Waals surface area contributed by atoms with E-state index >= 15 is 0 Å². The zero-order valence-corrected chi connectivity index (χ0v) is 15.5. The molecule has 2 rings (SSSR count). The van der Waals surface area contributed by atoms with Crippen molar-refractivity contribution in [1.29, 1.82) is 0 Å². The molecule has 0 fully saturated rings. The number of hydrogen-bond acceptors (Lipinski definition) is 3. The van der Waals surface area contributed by atoms with Crippen LogP contribution in [-0.2, 0) is 11.3 Å². The quantitative estimate of drug-likeness (QED) is 0.846. The van der Waals surface area contributed by atoms with E-state index in [0.29, 0.717) is 6.54 Å². The van der Waals surface area contributed by atoms with E-state index in [1.54, 1.807) is 4.90 Å². The fourth-order valence-electron chi connectivity index (χ4n) is 3.04. The maximum Gasteiger partial charge on any atom is 0.244 e. The summed E-state index contributed by atoms with van der Waals surface area (Å²) in [6.45, 7) is 6.59. The van der Waals surface area contributed by atoms with Crippen LogP contribution >= 0.6 is 0 Å². The van der Waals surface area contributed by atoms with Gasteiger partial charge >= 0.3 is 0 Å². The molecule has 2 aromatic rings. The molecule has 0 spiro atoms. The molecule has 4 nitrogen and oxygen atoms in total. The third-order valence-corrected chi connectivity index (χ3v) is 4.03. The van der Waals surface area contributed by atoms with Gasteiger partial charge in [0, 0.05) is 12.7 Å².